The number of rotatable bonds is 4. The third kappa shape index (κ3) is 4.67. The molecule has 27 heavy (non-hydrogen) atoms. The van der Waals surface area contributed by atoms with Crippen LogP contribution in [-0.2, 0) is 14.3 Å². The molecule has 1 heterocycles. The van der Waals surface area contributed by atoms with E-state index in [9.17, 15) is 9.59 Å². The van der Waals surface area contributed by atoms with E-state index in [1.807, 2.05) is 0 Å². The first-order valence-corrected chi connectivity index (χ1v) is 8.64. The number of hydrogen-bond donors (Lipinski definition) is 0. The van der Waals surface area contributed by atoms with E-state index in [-0.39, 0.29) is 18.2 Å². The van der Waals surface area contributed by atoms with Crippen LogP contribution in [0, 0.1) is 0 Å². The van der Waals surface area contributed by atoms with Crippen molar-refractivity contribution in [3.05, 3.63) is 69.3 Å². The molecule has 0 fully saturated rings. The highest BCUT2D eigenvalue weighted by atomic mass is 35.5. The molecule has 0 saturated heterocycles. The van der Waals surface area contributed by atoms with Gasteiger partial charge in [-0.05, 0) is 48.9 Å². The molecule has 8 heteroatoms. The molecule has 1 aliphatic rings. The van der Waals surface area contributed by atoms with Crippen molar-refractivity contribution in [3.8, 4) is 5.75 Å². The minimum Gasteiger partial charge on any atom is -0.434 e. The molecule has 138 valence electrons. The molecule has 0 unspecified atom stereocenters. The Labute approximate surface area is 165 Å². The topological polar surface area (TPSA) is 74.2 Å². The zero-order valence-corrected chi connectivity index (χ0v) is 15.6. The van der Waals surface area contributed by atoms with Crippen molar-refractivity contribution in [2.24, 2.45) is 4.99 Å². The predicted octanol–water partition coefficient (Wildman–Crippen LogP) is 4.87. The van der Waals surface area contributed by atoms with E-state index >= 15 is 0 Å². The highest BCUT2D eigenvalue weighted by Crippen LogP contribution is 2.26. The number of ether oxygens (including phenoxy) is 3. The number of carbonyl (C=O) groups is 2. The molecular formula is C19H13Cl2NO5. The maximum atomic E-state index is 12.1. The molecule has 0 aliphatic carbocycles. The van der Waals surface area contributed by atoms with Gasteiger partial charge in [0.05, 0.1) is 17.2 Å². The van der Waals surface area contributed by atoms with Gasteiger partial charge in [-0.15, -0.1) is 0 Å². The number of cyclic esters (lactones) is 1. The lowest BCUT2D eigenvalue weighted by Crippen LogP contribution is -2.09. The van der Waals surface area contributed by atoms with Crippen LogP contribution in [-0.4, -0.2) is 24.6 Å². The van der Waals surface area contributed by atoms with E-state index in [0.717, 1.165) is 0 Å². The van der Waals surface area contributed by atoms with Crippen molar-refractivity contribution in [1.82, 2.24) is 0 Å². The van der Waals surface area contributed by atoms with Gasteiger partial charge in [0.15, 0.2) is 5.70 Å². The summed E-state index contributed by atoms with van der Waals surface area (Å²) < 4.78 is 14.9. The Bertz CT molecular complexity index is 951. The standard InChI is InChI=1S/C19H13Cl2NO5/c1-2-25-19(24)26-13-6-3-11(4-7-13)9-16-18(23)27-17(22-16)14-8-5-12(20)10-15(14)21/h3-10H,2H2,1H3. The summed E-state index contributed by atoms with van der Waals surface area (Å²) in [7, 11) is 0. The van der Waals surface area contributed by atoms with Crippen LogP contribution in [0.15, 0.2) is 53.2 Å². The molecule has 0 saturated carbocycles. The summed E-state index contributed by atoms with van der Waals surface area (Å²) in [5.41, 5.74) is 1.26. The van der Waals surface area contributed by atoms with Gasteiger partial charge in [-0.2, -0.15) is 0 Å². The molecule has 0 spiro atoms. The van der Waals surface area contributed by atoms with Gasteiger partial charge >= 0.3 is 12.1 Å². The van der Waals surface area contributed by atoms with Crippen LogP contribution in [0.3, 0.4) is 0 Å². The van der Waals surface area contributed by atoms with Crippen molar-refractivity contribution in [3.63, 3.8) is 0 Å². The number of halogens is 2. The van der Waals surface area contributed by atoms with E-state index in [2.05, 4.69) is 4.99 Å². The smallest absolute Gasteiger partial charge is 0.434 e. The fourth-order valence-electron chi connectivity index (χ4n) is 2.22. The zero-order chi connectivity index (χ0) is 19.4. The molecule has 6 nitrogen and oxygen atoms in total. The van der Waals surface area contributed by atoms with Crippen LogP contribution >= 0.6 is 23.2 Å². The molecule has 0 N–H and O–H groups in total. The quantitative estimate of drug-likeness (QED) is 0.411. The van der Waals surface area contributed by atoms with Crippen LogP contribution in [0.2, 0.25) is 10.0 Å². The van der Waals surface area contributed by atoms with Crippen molar-refractivity contribution >= 4 is 47.3 Å². The van der Waals surface area contributed by atoms with Crippen molar-refractivity contribution < 1.29 is 23.8 Å². The Morgan fingerprint density at radius 3 is 2.59 bits per heavy atom. The van der Waals surface area contributed by atoms with Gasteiger partial charge < -0.3 is 14.2 Å². The van der Waals surface area contributed by atoms with E-state index < -0.39 is 12.1 Å². The lowest BCUT2D eigenvalue weighted by atomic mass is 10.2. The highest BCUT2D eigenvalue weighted by molar-refractivity contribution is 6.37. The molecule has 0 amide bonds. The Balaban J connectivity index is 1.79. The summed E-state index contributed by atoms with van der Waals surface area (Å²) in [6.07, 6.45) is 0.768. The number of aliphatic imine (C=N–C) groups is 1. The number of nitrogens with zero attached hydrogens (tertiary/aromatic N) is 1. The van der Waals surface area contributed by atoms with Gasteiger partial charge in [0.25, 0.3) is 0 Å². The Morgan fingerprint density at radius 2 is 1.93 bits per heavy atom. The summed E-state index contributed by atoms with van der Waals surface area (Å²) in [6.45, 7) is 1.91. The molecule has 2 aromatic carbocycles. The lowest BCUT2D eigenvalue weighted by molar-refractivity contribution is -0.129. The molecule has 2 aromatic rings. The Kier molecular flexibility index (Phi) is 5.78. The largest absolute Gasteiger partial charge is 0.513 e. The Morgan fingerprint density at radius 1 is 1.19 bits per heavy atom. The Hall–Kier alpha value is -2.83. The number of carbonyl (C=O) groups excluding carboxylic acids is 2. The van der Waals surface area contributed by atoms with Gasteiger partial charge in [0, 0.05) is 5.02 Å². The average molecular weight is 406 g/mol. The molecule has 0 radical (unpaired) electrons. The summed E-state index contributed by atoms with van der Waals surface area (Å²) in [5, 5.41) is 0.797. The maximum absolute atomic E-state index is 12.1. The summed E-state index contributed by atoms with van der Waals surface area (Å²) in [6, 6.07) is 11.3. The highest BCUT2D eigenvalue weighted by Gasteiger charge is 2.25. The van der Waals surface area contributed by atoms with Crippen LogP contribution in [0.1, 0.15) is 18.1 Å². The zero-order valence-electron chi connectivity index (χ0n) is 14.1. The van der Waals surface area contributed by atoms with Crippen LogP contribution in [0.25, 0.3) is 6.08 Å². The monoisotopic (exact) mass is 405 g/mol. The van der Waals surface area contributed by atoms with E-state index in [1.54, 1.807) is 55.5 Å². The second-order valence-corrected chi connectivity index (χ2v) is 6.16. The first kappa shape index (κ1) is 18.9. The van der Waals surface area contributed by atoms with Gasteiger partial charge in [0.2, 0.25) is 5.90 Å². The van der Waals surface area contributed by atoms with Crippen LogP contribution in [0.5, 0.6) is 5.75 Å². The minimum atomic E-state index is -0.780. The van der Waals surface area contributed by atoms with E-state index in [0.29, 0.717) is 26.9 Å². The molecule has 3 rings (SSSR count). The molecule has 0 atom stereocenters. The second-order valence-electron chi connectivity index (χ2n) is 5.31. The summed E-state index contributed by atoms with van der Waals surface area (Å²) in [4.78, 5) is 27.5. The molecule has 0 aromatic heterocycles. The number of benzene rings is 2. The molecule has 1 aliphatic heterocycles. The van der Waals surface area contributed by atoms with Gasteiger partial charge in [-0.1, -0.05) is 35.3 Å². The fraction of sp³-hybridized carbons (Fsp3) is 0.105. The van der Waals surface area contributed by atoms with Crippen molar-refractivity contribution in [2.75, 3.05) is 6.61 Å². The third-order valence-corrected chi connectivity index (χ3v) is 3.98. The first-order valence-electron chi connectivity index (χ1n) is 7.89. The van der Waals surface area contributed by atoms with Crippen molar-refractivity contribution in [2.45, 2.75) is 6.92 Å². The predicted molar refractivity (Wildman–Crippen MR) is 101 cm³/mol. The maximum Gasteiger partial charge on any atom is 0.513 e. The third-order valence-electron chi connectivity index (χ3n) is 3.43. The van der Waals surface area contributed by atoms with E-state index in [4.69, 9.17) is 37.4 Å². The van der Waals surface area contributed by atoms with Crippen molar-refractivity contribution in [1.29, 1.82) is 0 Å². The normalized spacial score (nSPS) is 14.7. The average Bonchev–Trinajstić information content (AvgIpc) is 2.97. The SMILES string of the molecule is CCOC(=O)Oc1ccc(C=C2N=C(c3ccc(Cl)cc3Cl)OC2=O)cc1. The van der Waals surface area contributed by atoms with Gasteiger partial charge in [0.1, 0.15) is 5.75 Å². The van der Waals surface area contributed by atoms with Crippen LogP contribution in [0.4, 0.5) is 4.79 Å². The number of esters is 1. The number of hydrogen-bond acceptors (Lipinski definition) is 6. The first-order chi connectivity index (χ1) is 13.0. The van der Waals surface area contributed by atoms with Gasteiger partial charge in [-0.3, -0.25) is 0 Å². The fourth-order valence-corrected chi connectivity index (χ4v) is 2.71. The van der Waals surface area contributed by atoms with Crippen LogP contribution < -0.4 is 4.74 Å². The lowest BCUT2D eigenvalue weighted by Gasteiger charge is -2.03. The van der Waals surface area contributed by atoms with Gasteiger partial charge in [-0.25, -0.2) is 14.6 Å². The molecule has 0 bridgehead atoms. The minimum absolute atomic E-state index is 0.107. The summed E-state index contributed by atoms with van der Waals surface area (Å²) >= 11 is 12.0. The second kappa shape index (κ2) is 8.24. The summed E-state index contributed by atoms with van der Waals surface area (Å²) in [5.74, 6) is -0.167. The van der Waals surface area contributed by atoms with E-state index in [1.165, 1.54) is 0 Å². The molecular weight excluding hydrogens is 393 g/mol.